The van der Waals surface area contributed by atoms with Crippen LogP contribution in [0.1, 0.15) is 6.42 Å². The lowest BCUT2D eigenvalue weighted by Crippen LogP contribution is -2.18. The summed E-state index contributed by atoms with van der Waals surface area (Å²) in [6.45, 7) is 3.57. The fourth-order valence-corrected chi connectivity index (χ4v) is 0.830. The van der Waals surface area contributed by atoms with Gasteiger partial charge in [0.05, 0.1) is 0 Å². The van der Waals surface area contributed by atoms with E-state index in [4.69, 9.17) is 0 Å². The van der Waals surface area contributed by atoms with E-state index in [1.165, 1.54) is 0 Å². The highest BCUT2D eigenvalue weighted by Gasteiger charge is 2.15. The molecular formula is C7H9NO. The van der Waals surface area contributed by atoms with Crippen molar-refractivity contribution in [2.75, 3.05) is 7.05 Å². The van der Waals surface area contributed by atoms with Gasteiger partial charge in [-0.2, -0.15) is 0 Å². The Bertz CT molecular complexity index is 181. The van der Waals surface area contributed by atoms with Gasteiger partial charge in [0.25, 0.3) is 0 Å². The van der Waals surface area contributed by atoms with Gasteiger partial charge in [-0.15, -0.1) is 0 Å². The van der Waals surface area contributed by atoms with Gasteiger partial charge in [0.2, 0.25) is 5.91 Å². The molecule has 1 aliphatic rings. The first-order valence-electron chi connectivity index (χ1n) is 2.85. The van der Waals surface area contributed by atoms with Crippen molar-refractivity contribution < 1.29 is 4.79 Å². The average Bonchev–Trinajstić information content (AvgIpc) is 2.15. The fraction of sp³-hybridized carbons (Fsp3) is 0.286. The third-order valence-electron chi connectivity index (χ3n) is 1.46. The third kappa shape index (κ3) is 0.875. The summed E-state index contributed by atoms with van der Waals surface area (Å²) in [6, 6.07) is 0. The second kappa shape index (κ2) is 2.05. The van der Waals surface area contributed by atoms with Crippen LogP contribution in [0.4, 0.5) is 0 Å². The summed E-state index contributed by atoms with van der Waals surface area (Å²) in [4.78, 5) is 12.4. The molecular weight excluding hydrogens is 114 g/mol. The Morgan fingerprint density at radius 1 is 1.89 bits per heavy atom. The molecule has 2 heteroatoms. The van der Waals surface area contributed by atoms with Crippen LogP contribution < -0.4 is 0 Å². The minimum Gasteiger partial charge on any atom is -0.316 e. The van der Waals surface area contributed by atoms with Gasteiger partial charge in [0, 0.05) is 19.2 Å². The number of nitrogens with zero attached hydrogens (tertiary/aromatic N) is 1. The topological polar surface area (TPSA) is 20.3 Å². The molecule has 0 aromatic rings. The van der Waals surface area contributed by atoms with Gasteiger partial charge in [-0.05, 0) is 6.08 Å². The molecule has 48 valence electrons. The van der Waals surface area contributed by atoms with Gasteiger partial charge in [-0.1, -0.05) is 12.7 Å². The molecule has 1 aliphatic heterocycles. The van der Waals surface area contributed by atoms with Crippen LogP contribution in [0.15, 0.2) is 24.4 Å². The van der Waals surface area contributed by atoms with E-state index in [-0.39, 0.29) is 5.91 Å². The number of hydrogen-bond acceptors (Lipinski definition) is 1. The largest absolute Gasteiger partial charge is 0.316 e. The molecule has 0 N–H and O–H groups in total. The van der Waals surface area contributed by atoms with Crippen molar-refractivity contribution >= 4 is 5.91 Å². The maximum atomic E-state index is 10.8. The Labute approximate surface area is 54.5 Å². The molecule has 0 atom stereocenters. The smallest absolute Gasteiger partial charge is 0.230 e. The Morgan fingerprint density at radius 3 is 2.78 bits per heavy atom. The normalized spacial score (nSPS) is 18.1. The number of likely N-dealkylation sites (N-methyl/N-ethyl adjacent to an activating group) is 1. The summed E-state index contributed by atoms with van der Waals surface area (Å²) >= 11 is 0. The van der Waals surface area contributed by atoms with Gasteiger partial charge in [0.1, 0.15) is 0 Å². The summed E-state index contributed by atoms with van der Waals surface area (Å²) < 4.78 is 0. The van der Waals surface area contributed by atoms with Crippen molar-refractivity contribution in [1.29, 1.82) is 0 Å². The number of amides is 1. The molecule has 0 unspecified atom stereocenters. The molecule has 2 nitrogen and oxygen atoms in total. The number of hydrogen-bond donors (Lipinski definition) is 0. The van der Waals surface area contributed by atoms with E-state index in [1.54, 1.807) is 18.0 Å². The van der Waals surface area contributed by atoms with Crippen molar-refractivity contribution in [2.45, 2.75) is 6.42 Å². The van der Waals surface area contributed by atoms with E-state index in [1.807, 2.05) is 6.08 Å². The highest BCUT2D eigenvalue weighted by Crippen LogP contribution is 2.13. The van der Waals surface area contributed by atoms with Crippen LogP contribution in [0, 0.1) is 0 Å². The molecule has 0 fully saturated rings. The highest BCUT2D eigenvalue weighted by atomic mass is 16.2. The van der Waals surface area contributed by atoms with E-state index in [0.29, 0.717) is 6.42 Å². The van der Waals surface area contributed by atoms with E-state index < -0.39 is 0 Å². The first-order chi connectivity index (χ1) is 4.25. The second-order valence-corrected chi connectivity index (χ2v) is 1.99. The molecule has 0 aromatic carbocycles. The van der Waals surface area contributed by atoms with E-state index >= 15 is 0 Å². The van der Waals surface area contributed by atoms with Gasteiger partial charge >= 0.3 is 0 Å². The van der Waals surface area contributed by atoms with Gasteiger partial charge in [0.15, 0.2) is 0 Å². The number of allylic oxidation sites excluding steroid dienone is 1. The maximum Gasteiger partial charge on any atom is 0.230 e. The average molecular weight is 123 g/mol. The zero-order chi connectivity index (χ0) is 6.85. The standard InChI is InChI=1S/C7H9NO/c1-3-6-4-5-7(9)8(6)2/h3-4H,1,5H2,2H3. The summed E-state index contributed by atoms with van der Waals surface area (Å²) in [6.07, 6.45) is 4.08. The van der Waals surface area contributed by atoms with Gasteiger partial charge in [-0.25, -0.2) is 0 Å². The fourth-order valence-electron chi connectivity index (χ4n) is 0.830. The van der Waals surface area contributed by atoms with E-state index in [9.17, 15) is 4.79 Å². The number of carbonyl (C=O) groups is 1. The number of carbonyl (C=O) groups excluding carboxylic acids is 1. The van der Waals surface area contributed by atoms with Crippen LogP contribution in [0.2, 0.25) is 0 Å². The minimum absolute atomic E-state index is 0.143. The van der Waals surface area contributed by atoms with Crippen molar-refractivity contribution in [3.05, 3.63) is 24.4 Å². The molecule has 0 aliphatic carbocycles. The highest BCUT2D eigenvalue weighted by molar-refractivity contribution is 5.82. The molecule has 0 aromatic heterocycles. The zero-order valence-corrected chi connectivity index (χ0v) is 5.42. The predicted molar refractivity (Wildman–Crippen MR) is 35.7 cm³/mol. The molecule has 1 heterocycles. The molecule has 0 saturated heterocycles. The minimum atomic E-state index is 0.143. The summed E-state index contributed by atoms with van der Waals surface area (Å²) in [7, 11) is 1.75. The Kier molecular flexibility index (Phi) is 1.39. The van der Waals surface area contributed by atoms with Crippen LogP contribution >= 0.6 is 0 Å². The van der Waals surface area contributed by atoms with Crippen molar-refractivity contribution in [2.24, 2.45) is 0 Å². The zero-order valence-electron chi connectivity index (χ0n) is 5.42. The quantitative estimate of drug-likeness (QED) is 0.507. The van der Waals surface area contributed by atoms with Crippen LogP contribution in [0.3, 0.4) is 0 Å². The molecule has 0 radical (unpaired) electrons. The van der Waals surface area contributed by atoms with Crippen LogP contribution in [0.25, 0.3) is 0 Å². The third-order valence-corrected chi connectivity index (χ3v) is 1.46. The van der Waals surface area contributed by atoms with Crippen LogP contribution in [-0.2, 0) is 4.79 Å². The first kappa shape index (κ1) is 6.08. The second-order valence-electron chi connectivity index (χ2n) is 1.99. The van der Waals surface area contributed by atoms with Gasteiger partial charge < -0.3 is 4.90 Å². The Hall–Kier alpha value is -1.05. The molecule has 0 saturated carbocycles. The molecule has 0 bridgehead atoms. The maximum absolute atomic E-state index is 10.8. The summed E-state index contributed by atoms with van der Waals surface area (Å²) in [5, 5.41) is 0. The lowest BCUT2D eigenvalue weighted by molar-refractivity contribution is -0.125. The van der Waals surface area contributed by atoms with Crippen molar-refractivity contribution in [3.8, 4) is 0 Å². The SMILES string of the molecule is C=CC1=CCC(=O)N1C. The molecule has 1 rings (SSSR count). The monoisotopic (exact) mass is 123 g/mol. The molecule has 0 spiro atoms. The predicted octanol–water partition coefficient (Wildman–Crippen LogP) is 0.918. The number of rotatable bonds is 1. The lowest BCUT2D eigenvalue weighted by Gasteiger charge is -2.09. The first-order valence-corrected chi connectivity index (χ1v) is 2.85. The Morgan fingerprint density at radius 2 is 2.56 bits per heavy atom. The van der Waals surface area contributed by atoms with Crippen LogP contribution in [-0.4, -0.2) is 17.9 Å². The van der Waals surface area contributed by atoms with E-state index in [2.05, 4.69) is 6.58 Å². The van der Waals surface area contributed by atoms with Crippen molar-refractivity contribution in [3.63, 3.8) is 0 Å². The Balaban J connectivity index is 2.77. The van der Waals surface area contributed by atoms with Crippen molar-refractivity contribution in [1.82, 2.24) is 4.90 Å². The molecule has 9 heavy (non-hydrogen) atoms. The van der Waals surface area contributed by atoms with E-state index in [0.717, 1.165) is 5.70 Å². The molecule has 1 amide bonds. The summed E-state index contributed by atoms with van der Waals surface area (Å²) in [5.41, 5.74) is 0.917. The summed E-state index contributed by atoms with van der Waals surface area (Å²) in [5.74, 6) is 0.143. The van der Waals surface area contributed by atoms with Crippen LogP contribution in [0.5, 0.6) is 0 Å². The lowest BCUT2D eigenvalue weighted by atomic mass is 10.4. The van der Waals surface area contributed by atoms with Gasteiger partial charge in [-0.3, -0.25) is 4.79 Å².